The minimum absolute atomic E-state index is 0.0893. The molecule has 0 saturated heterocycles. The summed E-state index contributed by atoms with van der Waals surface area (Å²) >= 11 is 0. The van der Waals surface area contributed by atoms with Crippen LogP contribution < -0.4 is 15.4 Å². The summed E-state index contributed by atoms with van der Waals surface area (Å²) in [5.74, 6) is 0.446. The van der Waals surface area contributed by atoms with Gasteiger partial charge in [-0.1, -0.05) is 18.2 Å². The SMILES string of the molecule is CC(C)Oc1ccc(NC(=O)CCNCc2ccccc2F)cc1. The molecule has 5 heteroatoms. The Kier molecular flexibility index (Phi) is 6.75. The van der Waals surface area contributed by atoms with Crippen LogP contribution in [0.2, 0.25) is 0 Å². The molecular formula is C19H23FN2O2. The van der Waals surface area contributed by atoms with Crippen molar-refractivity contribution in [3.63, 3.8) is 0 Å². The van der Waals surface area contributed by atoms with Crippen molar-refractivity contribution in [3.05, 3.63) is 59.9 Å². The third-order valence-corrected chi connectivity index (χ3v) is 3.31. The van der Waals surface area contributed by atoms with E-state index in [1.165, 1.54) is 6.07 Å². The Hall–Kier alpha value is -2.40. The fraction of sp³-hybridized carbons (Fsp3) is 0.316. The van der Waals surface area contributed by atoms with Crippen molar-refractivity contribution in [1.82, 2.24) is 5.32 Å². The largest absolute Gasteiger partial charge is 0.491 e. The standard InChI is InChI=1S/C19H23FN2O2/c1-14(2)24-17-9-7-16(8-10-17)22-19(23)11-12-21-13-15-5-3-4-6-18(15)20/h3-10,14,21H,11-13H2,1-2H3,(H,22,23). The Morgan fingerprint density at radius 1 is 1.12 bits per heavy atom. The van der Waals surface area contributed by atoms with Gasteiger partial charge in [0.1, 0.15) is 11.6 Å². The number of hydrogen-bond acceptors (Lipinski definition) is 3. The van der Waals surface area contributed by atoms with Crippen LogP contribution in [0.25, 0.3) is 0 Å². The summed E-state index contributed by atoms with van der Waals surface area (Å²) in [6.07, 6.45) is 0.435. The van der Waals surface area contributed by atoms with Crippen molar-refractivity contribution in [2.24, 2.45) is 0 Å². The first-order chi connectivity index (χ1) is 11.5. The Labute approximate surface area is 142 Å². The van der Waals surface area contributed by atoms with Crippen molar-refractivity contribution in [1.29, 1.82) is 0 Å². The molecule has 0 unspecified atom stereocenters. The summed E-state index contributed by atoms with van der Waals surface area (Å²) in [5, 5.41) is 5.89. The second-order valence-corrected chi connectivity index (χ2v) is 5.76. The number of benzene rings is 2. The van der Waals surface area contributed by atoms with Crippen LogP contribution in [0.15, 0.2) is 48.5 Å². The maximum atomic E-state index is 13.4. The van der Waals surface area contributed by atoms with Crippen molar-refractivity contribution >= 4 is 11.6 Å². The van der Waals surface area contributed by atoms with Gasteiger partial charge in [0.05, 0.1) is 6.10 Å². The predicted molar refractivity (Wildman–Crippen MR) is 93.6 cm³/mol. The highest BCUT2D eigenvalue weighted by atomic mass is 19.1. The summed E-state index contributed by atoms with van der Waals surface area (Å²) in [6, 6.07) is 13.9. The minimum Gasteiger partial charge on any atom is -0.491 e. The molecule has 2 aromatic carbocycles. The highest BCUT2D eigenvalue weighted by molar-refractivity contribution is 5.90. The number of amides is 1. The zero-order valence-electron chi connectivity index (χ0n) is 14.0. The lowest BCUT2D eigenvalue weighted by Crippen LogP contribution is -2.21. The third-order valence-electron chi connectivity index (χ3n) is 3.31. The van der Waals surface area contributed by atoms with E-state index in [0.29, 0.717) is 25.1 Å². The van der Waals surface area contributed by atoms with E-state index in [-0.39, 0.29) is 17.8 Å². The second-order valence-electron chi connectivity index (χ2n) is 5.76. The Morgan fingerprint density at radius 2 is 1.83 bits per heavy atom. The Balaban J connectivity index is 1.70. The van der Waals surface area contributed by atoms with Gasteiger partial charge in [0.2, 0.25) is 5.91 Å². The molecule has 1 amide bonds. The van der Waals surface area contributed by atoms with Gasteiger partial charge in [-0.15, -0.1) is 0 Å². The van der Waals surface area contributed by atoms with Gasteiger partial charge in [-0.25, -0.2) is 4.39 Å². The summed E-state index contributed by atoms with van der Waals surface area (Å²) in [7, 11) is 0. The fourth-order valence-corrected chi connectivity index (χ4v) is 2.18. The number of rotatable bonds is 8. The smallest absolute Gasteiger partial charge is 0.225 e. The van der Waals surface area contributed by atoms with E-state index in [1.54, 1.807) is 18.2 Å². The molecule has 24 heavy (non-hydrogen) atoms. The first-order valence-electron chi connectivity index (χ1n) is 8.05. The van der Waals surface area contributed by atoms with Crippen LogP contribution in [-0.2, 0) is 11.3 Å². The summed E-state index contributed by atoms with van der Waals surface area (Å²) in [4.78, 5) is 11.9. The van der Waals surface area contributed by atoms with Gasteiger partial charge in [0.15, 0.2) is 0 Å². The van der Waals surface area contributed by atoms with E-state index in [9.17, 15) is 9.18 Å². The summed E-state index contributed by atoms with van der Waals surface area (Å²) in [5.41, 5.74) is 1.32. The molecule has 2 aromatic rings. The topological polar surface area (TPSA) is 50.4 Å². The molecule has 0 aliphatic rings. The number of nitrogens with one attached hydrogen (secondary N) is 2. The molecule has 0 radical (unpaired) electrons. The van der Waals surface area contributed by atoms with Crippen molar-refractivity contribution < 1.29 is 13.9 Å². The van der Waals surface area contributed by atoms with Gasteiger partial charge >= 0.3 is 0 Å². The summed E-state index contributed by atoms with van der Waals surface area (Å²) < 4.78 is 19.0. The van der Waals surface area contributed by atoms with Gasteiger partial charge < -0.3 is 15.4 Å². The van der Waals surface area contributed by atoms with Crippen molar-refractivity contribution in [2.75, 3.05) is 11.9 Å². The molecule has 2 rings (SSSR count). The maximum Gasteiger partial charge on any atom is 0.225 e. The molecule has 2 N–H and O–H groups in total. The van der Waals surface area contributed by atoms with Crippen LogP contribution in [0.4, 0.5) is 10.1 Å². The lowest BCUT2D eigenvalue weighted by atomic mass is 10.2. The molecule has 0 saturated carbocycles. The van der Waals surface area contributed by atoms with Crippen molar-refractivity contribution in [3.8, 4) is 5.75 Å². The number of halogens is 1. The molecule has 0 bridgehead atoms. The molecule has 0 atom stereocenters. The molecular weight excluding hydrogens is 307 g/mol. The minimum atomic E-state index is -0.238. The van der Waals surface area contributed by atoms with Crippen LogP contribution in [-0.4, -0.2) is 18.6 Å². The number of carbonyl (C=O) groups excluding carboxylic acids is 1. The van der Waals surface area contributed by atoms with E-state index >= 15 is 0 Å². The molecule has 0 fully saturated rings. The lowest BCUT2D eigenvalue weighted by molar-refractivity contribution is -0.116. The molecule has 0 aromatic heterocycles. The van der Waals surface area contributed by atoms with Crippen LogP contribution in [0, 0.1) is 5.82 Å². The van der Waals surface area contributed by atoms with Gasteiger partial charge in [-0.3, -0.25) is 4.79 Å². The fourth-order valence-electron chi connectivity index (χ4n) is 2.18. The van der Waals surface area contributed by atoms with Gasteiger partial charge in [0, 0.05) is 30.8 Å². The zero-order valence-corrected chi connectivity index (χ0v) is 14.0. The predicted octanol–water partition coefficient (Wildman–Crippen LogP) is 3.73. The number of ether oxygens (including phenoxy) is 1. The summed E-state index contributed by atoms with van der Waals surface area (Å²) in [6.45, 7) is 4.81. The maximum absolute atomic E-state index is 13.4. The quantitative estimate of drug-likeness (QED) is 0.725. The van der Waals surface area contributed by atoms with E-state index < -0.39 is 0 Å². The van der Waals surface area contributed by atoms with Crippen LogP contribution in [0.5, 0.6) is 5.75 Å². The Morgan fingerprint density at radius 3 is 2.50 bits per heavy atom. The highest BCUT2D eigenvalue weighted by Crippen LogP contribution is 2.17. The lowest BCUT2D eigenvalue weighted by Gasteiger charge is -2.11. The normalized spacial score (nSPS) is 10.7. The van der Waals surface area contributed by atoms with Gasteiger partial charge in [-0.05, 0) is 44.2 Å². The Bertz CT molecular complexity index is 657. The average molecular weight is 330 g/mol. The van der Waals surface area contributed by atoms with Crippen molar-refractivity contribution in [2.45, 2.75) is 32.9 Å². The molecule has 128 valence electrons. The number of anilines is 1. The van der Waals surface area contributed by atoms with E-state index in [2.05, 4.69) is 10.6 Å². The molecule has 0 aliphatic carbocycles. The van der Waals surface area contributed by atoms with Gasteiger partial charge in [-0.2, -0.15) is 0 Å². The first kappa shape index (κ1) is 17.9. The van der Waals surface area contributed by atoms with E-state index in [4.69, 9.17) is 4.74 Å². The molecule has 0 spiro atoms. The van der Waals surface area contributed by atoms with E-state index in [0.717, 1.165) is 11.4 Å². The first-order valence-corrected chi connectivity index (χ1v) is 8.05. The second kappa shape index (κ2) is 9.03. The van der Waals surface area contributed by atoms with Crippen LogP contribution in [0.1, 0.15) is 25.8 Å². The van der Waals surface area contributed by atoms with Crippen LogP contribution >= 0.6 is 0 Å². The molecule has 0 aliphatic heterocycles. The zero-order chi connectivity index (χ0) is 17.4. The number of carbonyl (C=O) groups is 1. The number of hydrogen-bond donors (Lipinski definition) is 2. The molecule has 0 heterocycles. The van der Waals surface area contributed by atoms with E-state index in [1.807, 2.05) is 38.1 Å². The average Bonchev–Trinajstić information content (AvgIpc) is 2.54. The third kappa shape index (κ3) is 6.01. The molecule has 4 nitrogen and oxygen atoms in total. The van der Waals surface area contributed by atoms with Gasteiger partial charge in [0.25, 0.3) is 0 Å². The monoisotopic (exact) mass is 330 g/mol. The van der Waals surface area contributed by atoms with Crippen LogP contribution in [0.3, 0.4) is 0 Å². The highest BCUT2D eigenvalue weighted by Gasteiger charge is 2.04.